The zero-order valence-electron chi connectivity index (χ0n) is 7.40. The van der Waals surface area contributed by atoms with Crippen molar-refractivity contribution in [2.45, 2.75) is 6.92 Å². The van der Waals surface area contributed by atoms with Crippen LogP contribution in [0.15, 0.2) is 24.4 Å². The van der Waals surface area contributed by atoms with Crippen LogP contribution in [0.2, 0.25) is 5.02 Å². The highest BCUT2D eigenvalue weighted by Gasteiger charge is 2.15. The van der Waals surface area contributed by atoms with E-state index in [9.17, 15) is 10.4 Å². The molecule has 5 heteroatoms. The topological polar surface area (TPSA) is 53.9 Å². The highest BCUT2D eigenvalue weighted by molar-refractivity contribution is 6.31. The average Bonchev–Trinajstić information content (AvgIpc) is 2.14. The van der Waals surface area contributed by atoms with Gasteiger partial charge in [-0.15, -0.1) is 0 Å². The smallest absolute Gasteiger partial charge is 0.291 e. The van der Waals surface area contributed by atoms with E-state index in [1.807, 2.05) is 0 Å². The fraction of sp³-hybridized carbons (Fsp3) is 0.111. The van der Waals surface area contributed by atoms with Gasteiger partial charge in [0.1, 0.15) is 0 Å². The van der Waals surface area contributed by atoms with Crippen LogP contribution in [-0.4, -0.2) is 0 Å². The number of rotatable bonds is 0. The molecule has 0 amide bonds. The molecule has 0 N–H and O–H groups in total. The molecule has 0 unspecified atom stereocenters. The van der Waals surface area contributed by atoms with E-state index in [1.165, 1.54) is 18.3 Å². The molecule has 0 atom stereocenters. The molecule has 72 valence electrons. The minimum Gasteiger partial charge on any atom is -0.618 e. The summed E-state index contributed by atoms with van der Waals surface area (Å²) in [4.78, 5) is 0. The van der Waals surface area contributed by atoms with Crippen molar-refractivity contribution in [3.63, 3.8) is 0 Å². The molecule has 0 bridgehead atoms. The van der Waals surface area contributed by atoms with Crippen LogP contribution in [0.4, 0.5) is 0 Å². The maximum absolute atomic E-state index is 11.5. The second kappa shape index (κ2) is 2.99. The third kappa shape index (κ3) is 1.24. The van der Waals surface area contributed by atoms with E-state index in [-0.39, 0.29) is 5.52 Å². The van der Waals surface area contributed by atoms with Crippen molar-refractivity contribution in [3.05, 3.63) is 45.5 Å². The monoisotopic (exact) mass is 210 g/mol. The van der Waals surface area contributed by atoms with Gasteiger partial charge in [0.25, 0.3) is 16.7 Å². The van der Waals surface area contributed by atoms with Crippen LogP contribution >= 0.6 is 11.6 Å². The Morgan fingerprint density at radius 2 is 1.93 bits per heavy atom. The van der Waals surface area contributed by atoms with Crippen molar-refractivity contribution < 1.29 is 9.46 Å². The third-order valence-corrected chi connectivity index (χ3v) is 2.25. The standard InChI is InChI=1S/C9H7ClN2O2/c1-6-5-11(13)8-3-2-7(10)4-9(8)12(6)14/h2-5H,1H3. The van der Waals surface area contributed by atoms with Crippen molar-refractivity contribution in [3.8, 4) is 0 Å². The van der Waals surface area contributed by atoms with Gasteiger partial charge in [0, 0.05) is 24.1 Å². The Labute approximate surface area is 85.1 Å². The number of halogens is 1. The van der Waals surface area contributed by atoms with Crippen LogP contribution < -0.4 is 9.46 Å². The lowest BCUT2D eigenvalue weighted by Gasteiger charge is -2.05. The summed E-state index contributed by atoms with van der Waals surface area (Å²) in [5.74, 6) is 0. The highest BCUT2D eigenvalue weighted by Crippen LogP contribution is 2.13. The number of nitrogens with zero attached hydrogens (tertiary/aromatic N) is 2. The summed E-state index contributed by atoms with van der Waals surface area (Å²) < 4.78 is 1.35. The average molecular weight is 211 g/mol. The van der Waals surface area contributed by atoms with Crippen LogP contribution in [0, 0.1) is 17.3 Å². The number of hydrogen-bond donors (Lipinski definition) is 0. The highest BCUT2D eigenvalue weighted by atomic mass is 35.5. The molecule has 0 spiro atoms. The number of fused-ring (bicyclic) bond motifs is 1. The van der Waals surface area contributed by atoms with Gasteiger partial charge in [0.05, 0.1) is 0 Å². The SMILES string of the molecule is Cc1c[n+]([O-])c2ccc(Cl)cc2[n+]1[O-]. The van der Waals surface area contributed by atoms with Gasteiger partial charge in [-0.3, -0.25) is 0 Å². The molecule has 1 aromatic carbocycles. The van der Waals surface area contributed by atoms with Gasteiger partial charge in [0.15, 0.2) is 0 Å². The van der Waals surface area contributed by atoms with Crippen molar-refractivity contribution in [2.75, 3.05) is 0 Å². The first-order chi connectivity index (χ1) is 6.59. The van der Waals surface area contributed by atoms with Crippen LogP contribution in [0.5, 0.6) is 0 Å². The van der Waals surface area contributed by atoms with E-state index >= 15 is 0 Å². The largest absolute Gasteiger partial charge is 0.618 e. The van der Waals surface area contributed by atoms with E-state index in [4.69, 9.17) is 11.6 Å². The summed E-state index contributed by atoms with van der Waals surface area (Å²) in [6.45, 7) is 1.57. The summed E-state index contributed by atoms with van der Waals surface area (Å²) in [5.41, 5.74) is 0.942. The zero-order valence-corrected chi connectivity index (χ0v) is 8.15. The summed E-state index contributed by atoms with van der Waals surface area (Å²) in [7, 11) is 0. The fourth-order valence-electron chi connectivity index (χ4n) is 1.33. The number of benzene rings is 1. The Hall–Kier alpha value is -1.55. The number of aromatic nitrogens is 2. The van der Waals surface area contributed by atoms with Crippen molar-refractivity contribution >= 4 is 22.6 Å². The Morgan fingerprint density at radius 1 is 1.21 bits per heavy atom. The van der Waals surface area contributed by atoms with E-state index in [1.54, 1.807) is 13.0 Å². The van der Waals surface area contributed by atoms with Crippen LogP contribution in [0.1, 0.15) is 5.69 Å². The maximum Gasteiger partial charge on any atom is 0.291 e. The molecule has 1 heterocycles. The normalized spacial score (nSPS) is 10.7. The minimum atomic E-state index is 0.285. The van der Waals surface area contributed by atoms with Gasteiger partial charge in [-0.25, -0.2) is 0 Å². The van der Waals surface area contributed by atoms with Gasteiger partial charge in [-0.1, -0.05) is 11.6 Å². The van der Waals surface area contributed by atoms with Gasteiger partial charge in [-0.05, 0) is 6.07 Å². The molecule has 0 radical (unpaired) electrons. The van der Waals surface area contributed by atoms with Crippen molar-refractivity contribution in [1.29, 1.82) is 0 Å². The number of aryl methyl sites for hydroxylation is 1. The predicted octanol–water partition coefficient (Wildman–Crippen LogP) is 1.07. The molecule has 0 saturated heterocycles. The predicted molar refractivity (Wildman–Crippen MR) is 51.6 cm³/mol. The van der Waals surface area contributed by atoms with Gasteiger partial charge in [-0.2, -0.15) is 9.46 Å². The Bertz CT molecular complexity index is 514. The first kappa shape index (κ1) is 9.02. The molecule has 0 fully saturated rings. The molecule has 0 aliphatic rings. The summed E-state index contributed by atoms with van der Waals surface area (Å²) in [6.07, 6.45) is 1.24. The first-order valence-corrected chi connectivity index (χ1v) is 4.39. The summed E-state index contributed by atoms with van der Waals surface area (Å²) in [5, 5.41) is 23.4. The molecule has 0 saturated carbocycles. The fourth-order valence-corrected chi connectivity index (χ4v) is 1.49. The van der Waals surface area contributed by atoms with Gasteiger partial charge in [0.2, 0.25) is 6.20 Å². The number of hydrogen-bond acceptors (Lipinski definition) is 2. The molecule has 14 heavy (non-hydrogen) atoms. The molecular weight excluding hydrogens is 204 g/mol. The van der Waals surface area contributed by atoms with Crippen LogP contribution in [0.3, 0.4) is 0 Å². The van der Waals surface area contributed by atoms with Crippen molar-refractivity contribution in [2.24, 2.45) is 0 Å². The molecule has 0 aliphatic heterocycles. The van der Waals surface area contributed by atoms with Gasteiger partial charge >= 0.3 is 0 Å². The molecule has 4 nitrogen and oxygen atoms in total. The summed E-state index contributed by atoms with van der Waals surface area (Å²) in [6, 6.07) is 4.58. The lowest BCUT2D eigenvalue weighted by Crippen LogP contribution is -2.40. The molecule has 1 aromatic heterocycles. The zero-order chi connectivity index (χ0) is 10.3. The van der Waals surface area contributed by atoms with E-state index < -0.39 is 0 Å². The minimum absolute atomic E-state index is 0.285. The molecule has 0 aliphatic carbocycles. The van der Waals surface area contributed by atoms with Gasteiger partial charge < -0.3 is 10.4 Å². The third-order valence-electron chi connectivity index (χ3n) is 2.02. The molecule has 2 rings (SSSR count). The van der Waals surface area contributed by atoms with E-state index in [0.717, 1.165) is 0 Å². The lowest BCUT2D eigenvalue weighted by molar-refractivity contribution is -0.633. The molecular formula is C9H7ClN2O2. The second-order valence-corrected chi connectivity index (χ2v) is 3.46. The van der Waals surface area contributed by atoms with E-state index in [0.29, 0.717) is 25.7 Å². The van der Waals surface area contributed by atoms with Crippen molar-refractivity contribution in [1.82, 2.24) is 0 Å². The molecule has 2 aromatic rings. The van der Waals surface area contributed by atoms with E-state index in [2.05, 4.69) is 0 Å². The second-order valence-electron chi connectivity index (χ2n) is 3.02. The quantitative estimate of drug-likeness (QED) is 0.483. The maximum atomic E-state index is 11.5. The first-order valence-electron chi connectivity index (χ1n) is 4.01. The Morgan fingerprint density at radius 3 is 2.64 bits per heavy atom. The Balaban J connectivity index is 2.95. The van der Waals surface area contributed by atoms with Crippen LogP contribution in [-0.2, 0) is 0 Å². The Kier molecular flexibility index (Phi) is 1.93. The summed E-state index contributed by atoms with van der Waals surface area (Å²) >= 11 is 5.73. The van der Waals surface area contributed by atoms with Crippen LogP contribution in [0.25, 0.3) is 11.0 Å². The lowest BCUT2D eigenvalue weighted by atomic mass is 10.3.